The van der Waals surface area contributed by atoms with Crippen LogP contribution in [0.4, 0.5) is 5.69 Å². The Morgan fingerprint density at radius 3 is 2.69 bits per heavy atom. The average Bonchev–Trinajstić information content (AvgIpc) is 2.60. The van der Waals surface area contributed by atoms with Gasteiger partial charge in [-0.15, -0.1) is 0 Å². The van der Waals surface area contributed by atoms with Crippen LogP contribution < -0.4 is 11.0 Å². The number of ketones is 1. The molecule has 0 heterocycles. The predicted octanol–water partition coefficient (Wildman–Crippen LogP) is 3.75. The van der Waals surface area contributed by atoms with Gasteiger partial charge in [-0.05, 0) is 61.9 Å². The number of rotatable bonds is 7. The number of hydrogen-bond donors (Lipinski definition) is 2. The summed E-state index contributed by atoms with van der Waals surface area (Å²) in [6.07, 6.45) is 4.49. The van der Waals surface area contributed by atoms with E-state index in [0.29, 0.717) is 32.7 Å². The largest absolute Gasteiger partial charge is 0.507 e. The molecule has 0 radical (unpaired) electrons. The highest BCUT2D eigenvalue weighted by Gasteiger charge is 2.08. The van der Waals surface area contributed by atoms with E-state index in [-0.39, 0.29) is 11.5 Å². The number of hydrogen-bond acceptors (Lipinski definition) is 4. The van der Waals surface area contributed by atoms with E-state index >= 15 is 0 Å². The van der Waals surface area contributed by atoms with Crippen LogP contribution in [0.5, 0.6) is 5.75 Å². The standard InChI is InChI=1S/C21H25N2O2P/c1-14-6-4-8-17(21(14)25)13-23-20-16(7-5-9-19(20)26-3)10-11-18(22)12-15(2)24/h4-9,12-13,25-26H,10-11,22H2,1-3H3. The van der Waals surface area contributed by atoms with E-state index in [0.717, 1.165) is 16.8 Å². The summed E-state index contributed by atoms with van der Waals surface area (Å²) in [6.45, 7) is 5.48. The fraction of sp³-hybridized carbons (Fsp3) is 0.238. The topological polar surface area (TPSA) is 75.7 Å². The lowest BCUT2D eigenvalue weighted by Gasteiger charge is -2.11. The van der Waals surface area contributed by atoms with E-state index < -0.39 is 0 Å². The van der Waals surface area contributed by atoms with Crippen molar-refractivity contribution in [1.29, 1.82) is 0 Å². The van der Waals surface area contributed by atoms with E-state index in [9.17, 15) is 9.90 Å². The molecule has 4 nitrogen and oxygen atoms in total. The van der Waals surface area contributed by atoms with Crippen LogP contribution >= 0.6 is 8.58 Å². The van der Waals surface area contributed by atoms with Crippen LogP contribution in [-0.4, -0.2) is 23.8 Å². The Morgan fingerprint density at radius 2 is 2.00 bits per heavy atom. The van der Waals surface area contributed by atoms with Crippen LogP contribution in [0, 0.1) is 6.92 Å². The maximum Gasteiger partial charge on any atom is 0.154 e. The molecule has 2 aromatic carbocycles. The van der Waals surface area contributed by atoms with Crippen molar-refractivity contribution >= 4 is 31.6 Å². The molecule has 0 aliphatic carbocycles. The number of para-hydroxylation sites is 2. The Bertz CT molecular complexity index is 857. The molecule has 0 amide bonds. The Balaban J connectivity index is 2.33. The van der Waals surface area contributed by atoms with Gasteiger partial charge in [-0.3, -0.25) is 9.79 Å². The number of aliphatic imine (C=N–C) groups is 1. The van der Waals surface area contributed by atoms with Crippen molar-refractivity contribution < 1.29 is 9.90 Å². The van der Waals surface area contributed by atoms with Gasteiger partial charge in [0, 0.05) is 17.5 Å². The average molecular weight is 368 g/mol. The number of nitrogens with two attached hydrogens (primary N) is 1. The SMILES string of the molecule is CPc1cccc(CCC(N)=CC(C)=O)c1N=Cc1cccc(C)c1O. The van der Waals surface area contributed by atoms with E-state index in [4.69, 9.17) is 5.73 Å². The molecule has 1 unspecified atom stereocenters. The van der Waals surface area contributed by atoms with Gasteiger partial charge in [0.15, 0.2) is 5.78 Å². The second-order valence-corrected chi connectivity index (χ2v) is 7.20. The van der Waals surface area contributed by atoms with Crippen molar-refractivity contribution in [3.05, 3.63) is 64.9 Å². The number of aromatic hydroxyl groups is 1. The number of aryl methyl sites for hydroxylation is 2. The fourth-order valence-electron chi connectivity index (χ4n) is 2.68. The van der Waals surface area contributed by atoms with Crippen molar-refractivity contribution in [3.8, 4) is 5.75 Å². The summed E-state index contributed by atoms with van der Waals surface area (Å²) in [5, 5.41) is 11.4. The first-order chi connectivity index (χ1) is 12.4. The molecule has 0 bridgehead atoms. The maximum absolute atomic E-state index is 11.1. The number of carbonyl (C=O) groups excluding carboxylic acids is 1. The van der Waals surface area contributed by atoms with Gasteiger partial charge in [-0.1, -0.05) is 38.9 Å². The number of benzene rings is 2. The summed E-state index contributed by atoms with van der Waals surface area (Å²) in [5.41, 5.74) is 10.0. The van der Waals surface area contributed by atoms with Gasteiger partial charge >= 0.3 is 0 Å². The highest BCUT2D eigenvalue weighted by Crippen LogP contribution is 2.26. The molecule has 0 saturated carbocycles. The molecular weight excluding hydrogens is 343 g/mol. The molecule has 0 saturated heterocycles. The maximum atomic E-state index is 11.1. The van der Waals surface area contributed by atoms with Gasteiger partial charge in [0.1, 0.15) is 5.75 Å². The Kier molecular flexibility index (Phi) is 7.11. The highest BCUT2D eigenvalue weighted by molar-refractivity contribution is 7.46. The number of phenolic OH excluding ortho intramolecular Hbond substituents is 1. The first-order valence-corrected chi connectivity index (χ1v) is 10.0. The second kappa shape index (κ2) is 9.30. The molecule has 3 N–H and O–H groups in total. The summed E-state index contributed by atoms with van der Waals surface area (Å²) < 4.78 is 0. The summed E-state index contributed by atoms with van der Waals surface area (Å²) >= 11 is 0. The molecule has 136 valence electrons. The molecular formula is C21H25N2O2P. The quantitative estimate of drug-likeness (QED) is 0.444. The minimum Gasteiger partial charge on any atom is -0.507 e. The lowest BCUT2D eigenvalue weighted by molar-refractivity contribution is -0.112. The normalized spacial score (nSPS) is 12.3. The van der Waals surface area contributed by atoms with Crippen molar-refractivity contribution in [2.24, 2.45) is 10.7 Å². The first-order valence-electron chi connectivity index (χ1n) is 8.51. The number of nitrogens with zero attached hydrogens (tertiary/aromatic N) is 1. The van der Waals surface area contributed by atoms with E-state index in [1.165, 1.54) is 18.3 Å². The monoisotopic (exact) mass is 368 g/mol. The molecule has 5 heteroatoms. The van der Waals surface area contributed by atoms with Crippen molar-refractivity contribution in [2.75, 3.05) is 6.66 Å². The van der Waals surface area contributed by atoms with Crippen LogP contribution in [-0.2, 0) is 11.2 Å². The summed E-state index contributed by atoms with van der Waals surface area (Å²) in [5.74, 6) is 0.210. The molecule has 2 rings (SSSR count). The number of carbonyl (C=O) groups is 1. The van der Waals surface area contributed by atoms with Gasteiger partial charge in [-0.2, -0.15) is 0 Å². The molecule has 0 spiro atoms. The molecule has 0 aliphatic rings. The summed E-state index contributed by atoms with van der Waals surface area (Å²) in [7, 11) is 0.607. The van der Waals surface area contributed by atoms with E-state index in [1.54, 1.807) is 6.21 Å². The van der Waals surface area contributed by atoms with E-state index in [1.807, 2.05) is 37.3 Å². The van der Waals surface area contributed by atoms with Gasteiger partial charge in [0.2, 0.25) is 0 Å². The molecule has 0 fully saturated rings. The van der Waals surface area contributed by atoms with Crippen LogP contribution in [0.3, 0.4) is 0 Å². The van der Waals surface area contributed by atoms with Crippen LogP contribution in [0.2, 0.25) is 0 Å². The third-order valence-electron chi connectivity index (χ3n) is 4.06. The predicted molar refractivity (Wildman–Crippen MR) is 112 cm³/mol. The lowest BCUT2D eigenvalue weighted by Crippen LogP contribution is -2.04. The highest BCUT2D eigenvalue weighted by atomic mass is 31.1. The van der Waals surface area contributed by atoms with Crippen molar-refractivity contribution in [2.45, 2.75) is 26.7 Å². The third kappa shape index (κ3) is 5.27. The van der Waals surface area contributed by atoms with Gasteiger partial charge in [0.25, 0.3) is 0 Å². The molecule has 0 aromatic heterocycles. The Hall–Kier alpha value is -2.45. The zero-order valence-electron chi connectivity index (χ0n) is 15.4. The van der Waals surface area contributed by atoms with Gasteiger partial charge < -0.3 is 10.8 Å². The van der Waals surface area contributed by atoms with Crippen LogP contribution in [0.15, 0.2) is 53.2 Å². The van der Waals surface area contributed by atoms with Crippen LogP contribution in [0.1, 0.15) is 30.0 Å². The van der Waals surface area contributed by atoms with Gasteiger partial charge in [0.05, 0.1) is 5.69 Å². The van der Waals surface area contributed by atoms with Crippen molar-refractivity contribution in [1.82, 2.24) is 0 Å². The lowest BCUT2D eigenvalue weighted by atomic mass is 10.1. The molecule has 2 aromatic rings. The van der Waals surface area contributed by atoms with Crippen molar-refractivity contribution in [3.63, 3.8) is 0 Å². The molecule has 26 heavy (non-hydrogen) atoms. The van der Waals surface area contributed by atoms with E-state index in [2.05, 4.69) is 17.7 Å². The first kappa shape index (κ1) is 19.9. The second-order valence-electron chi connectivity index (χ2n) is 6.16. The smallest absolute Gasteiger partial charge is 0.154 e. The zero-order valence-corrected chi connectivity index (χ0v) is 16.4. The number of phenols is 1. The Morgan fingerprint density at radius 1 is 1.27 bits per heavy atom. The minimum absolute atomic E-state index is 0.0422. The van der Waals surface area contributed by atoms with Crippen LogP contribution in [0.25, 0.3) is 0 Å². The molecule has 0 aliphatic heterocycles. The fourth-order valence-corrected chi connectivity index (χ4v) is 3.40. The number of allylic oxidation sites excluding steroid dienone is 2. The molecule has 1 atom stereocenters. The summed E-state index contributed by atoms with van der Waals surface area (Å²) in [6, 6.07) is 11.7. The minimum atomic E-state index is -0.0422. The summed E-state index contributed by atoms with van der Waals surface area (Å²) in [4.78, 5) is 15.8. The Labute approximate surface area is 156 Å². The van der Waals surface area contributed by atoms with Gasteiger partial charge in [-0.25, -0.2) is 0 Å². The zero-order chi connectivity index (χ0) is 19.1. The third-order valence-corrected chi connectivity index (χ3v) is 5.00.